The molecule has 2 aromatic rings. The van der Waals surface area contributed by atoms with Crippen molar-refractivity contribution < 1.29 is 14.7 Å². The van der Waals surface area contributed by atoms with Crippen molar-refractivity contribution in [3.63, 3.8) is 0 Å². The van der Waals surface area contributed by atoms with Gasteiger partial charge in [0.25, 0.3) is 17.4 Å². The zero-order valence-electron chi connectivity index (χ0n) is 17.5. The van der Waals surface area contributed by atoms with Gasteiger partial charge in [0.05, 0.1) is 11.1 Å². The summed E-state index contributed by atoms with van der Waals surface area (Å²) in [4.78, 5) is 51.8. The normalized spacial score (nSPS) is 13.7. The van der Waals surface area contributed by atoms with Gasteiger partial charge in [0.15, 0.2) is 0 Å². The number of fused-ring (bicyclic) bond motifs is 1. The molecule has 3 rings (SSSR count). The van der Waals surface area contributed by atoms with Crippen molar-refractivity contribution in [2.24, 2.45) is 16.1 Å². The fourth-order valence-electron chi connectivity index (χ4n) is 3.39. The molecule has 1 N–H and O–H groups in total. The van der Waals surface area contributed by atoms with Crippen LogP contribution in [0.15, 0.2) is 32.0 Å². The minimum absolute atomic E-state index is 0.0888. The van der Waals surface area contributed by atoms with Gasteiger partial charge in [0.1, 0.15) is 5.69 Å². The van der Waals surface area contributed by atoms with Crippen LogP contribution in [0, 0.1) is 9.49 Å². The monoisotopic (exact) mass is 539 g/mol. The van der Waals surface area contributed by atoms with E-state index >= 15 is 0 Å². The molecule has 0 unspecified atom stereocenters. The number of halogens is 1. The largest absolute Gasteiger partial charge is 0.493 e. The number of aromatic nitrogens is 2. The number of aromatic hydroxyl groups is 1. The van der Waals surface area contributed by atoms with Crippen LogP contribution in [0.3, 0.4) is 0 Å². The SMILES string of the molecule is CCn1c(O)c(N=Nc2c(I)ccc3c2C(=O)N(CC(C)C)C3=O)c(=O)n(CC)c1=O. The molecule has 0 aliphatic carbocycles. The predicted molar refractivity (Wildman–Crippen MR) is 122 cm³/mol. The molecule has 0 radical (unpaired) electrons. The van der Waals surface area contributed by atoms with E-state index in [0.29, 0.717) is 3.57 Å². The van der Waals surface area contributed by atoms with E-state index in [4.69, 9.17) is 0 Å². The van der Waals surface area contributed by atoms with Gasteiger partial charge in [-0.25, -0.2) is 4.79 Å². The molecule has 0 saturated heterocycles. The molecule has 31 heavy (non-hydrogen) atoms. The molecular weight excluding hydrogens is 517 g/mol. The van der Waals surface area contributed by atoms with Crippen LogP contribution in [-0.2, 0) is 13.1 Å². The first-order chi connectivity index (χ1) is 14.6. The lowest BCUT2D eigenvalue weighted by atomic mass is 10.1. The number of hydrogen-bond donors (Lipinski definition) is 1. The fraction of sp³-hybridized carbons (Fsp3) is 0.400. The molecular formula is C20H22IN5O5. The number of imide groups is 1. The van der Waals surface area contributed by atoms with Gasteiger partial charge in [0.2, 0.25) is 11.6 Å². The lowest BCUT2D eigenvalue weighted by Gasteiger charge is -2.15. The number of nitrogens with zero attached hydrogens (tertiary/aromatic N) is 5. The van der Waals surface area contributed by atoms with Gasteiger partial charge >= 0.3 is 5.69 Å². The first kappa shape index (κ1) is 22.8. The molecule has 2 amide bonds. The molecule has 1 aromatic carbocycles. The molecule has 0 saturated carbocycles. The van der Waals surface area contributed by atoms with E-state index in [0.717, 1.165) is 9.13 Å². The second-order valence-corrected chi connectivity index (χ2v) is 8.54. The summed E-state index contributed by atoms with van der Waals surface area (Å²) in [5, 5.41) is 18.4. The lowest BCUT2D eigenvalue weighted by molar-refractivity contribution is 0.0636. The highest BCUT2D eigenvalue weighted by Gasteiger charge is 2.38. The number of carbonyl (C=O) groups is 2. The van der Waals surface area contributed by atoms with Crippen LogP contribution in [0.2, 0.25) is 0 Å². The van der Waals surface area contributed by atoms with E-state index in [2.05, 4.69) is 10.2 Å². The Morgan fingerprint density at radius 3 is 2.16 bits per heavy atom. The highest BCUT2D eigenvalue weighted by molar-refractivity contribution is 14.1. The third-order valence-corrected chi connectivity index (χ3v) is 5.74. The lowest BCUT2D eigenvalue weighted by Crippen LogP contribution is -2.38. The maximum absolute atomic E-state index is 12.9. The van der Waals surface area contributed by atoms with E-state index in [-0.39, 0.29) is 42.4 Å². The molecule has 1 aliphatic heterocycles. The smallest absolute Gasteiger partial charge is 0.333 e. The second kappa shape index (κ2) is 8.73. The van der Waals surface area contributed by atoms with Gasteiger partial charge in [-0.1, -0.05) is 13.8 Å². The molecule has 11 heteroatoms. The number of azo groups is 1. The van der Waals surface area contributed by atoms with Gasteiger partial charge in [0, 0.05) is 23.2 Å². The second-order valence-electron chi connectivity index (χ2n) is 7.38. The van der Waals surface area contributed by atoms with Crippen LogP contribution in [0.4, 0.5) is 11.4 Å². The predicted octanol–water partition coefficient (Wildman–Crippen LogP) is 3.03. The molecule has 1 aliphatic rings. The summed E-state index contributed by atoms with van der Waals surface area (Å²) in [6, 6.07) is 3.20. The first-order valence-corrected chi connectivity index (χ1v) is 10.9. The summed E-state index contributed by atoms with van der Waals surface area (Å²) < 4.78 is 2.50. The number of hydrogen-bond acceptors (Lipinski definition) is 7. The Morgan fingerprint density at radius 2 is 1.58 bits per heavy atom. The summed E-state index contributed by atoms with van der Waals surface area (Å²) in [6.07, 6.45) is 0. The standard InChI is InChI=1S/C20H22IN5O5/c1-5-24-18(29)15(19(30)25(6-2)20(24)31)23-22-14-12(21)8-7-11-13(14)17(28)26(16(11)27)9-10(3)4/h7-8,10,29H,5-6,9H2,1-4H3. The van der Waals surface area contributed by atoms with Gasteiger partial charge in [-0.3, -0.25) is 28.4 Å². The zero-order valence-corrected chi connectivity index (χ0v) is 19.7. The van der Waals surface area contributed by atoms with Crippen molar-refractivity contribution in [1.29, 1.82) is 0 Å². The molecule has 0 fully saturated rings. The summed E-state index contributed by atoms with van der Waals surface area (Å²) in [6.45, 7) is 7.56. The average molecular weight is 539 g/mol. The van der Waals surface area contributed by atoms with E-state index in [1.54, 1.807) is 26.0 Å². The zero-order chi connectivity index (χ0) is 23.0. The number of rotatable bonds is 6. The summed E-state index contributed by atoms with van der Waals surface area (Å²) in [7, 11) is 0. The summed E-state index contributed by atoms with van der Waals surface area (Å²) in [5.41, 5.74) is -1.38. The van der Waals surface area contributed by atoms with Crippen molar-refractivity contribution in [2.75, 3.05) is 6.54 Å². The van der Waals surface area contributed by atoms with Crippen molar-refractivity contribution in [3.8, 4) is 5.88 Å². The van der Waals surface area contributed by atoms with Gasteiger partial charge in [-0.2, -0.15) is 0 Å². The topological polar surface area (TPSA) is 126 Å². The first-order valence-electron chi connectivity index (χ1n) is 9.80. The van der Waals surface area contributed by atoms with Crippen LogP contribution in [0.1, 0.15) is 48.4 Å². The maximum Gasteiger partial charge on any atom is 0.333 e. The van der Waals surface area contributed by atoms with Gasteiger partial charge in [-0.15, -0.1) is 10.2 Å². The van der Waals surface area contributed by atoms with Gasteiger partial charge in [-0.05, 0) is 54.5 Å². The maximum atomic E-state index is 12.9. The van der Waals surface area contributed by atoms with E-state index in [1.807, 2.05) is 36.4 Å². The minimum Gasteiger partial charge on any atom is -0.493 e. The molecule has 10 nitrogen and oxygen atoms in total. The Bertz CT molecular complexity index is 1230. The Labute approximate surface area is 191 Å². The third kappa shape index (κ3) is 3.82. The van der Waals surface area contributed by atoms with Gasteiger partial charge < -0.3 is 5.11 Å². The van der Waals surface area contributed by atoms with E-state index < -0.39 is 34.6 Å². The van der Waals surface area contributed by atoms with Crippen LogP contribution in [0.5, 0.6) is 5.88 Å². The molecule has 0 bridgehead atoms. The molecule has 1 aromatic heterocycles. The fourth-order valence-corrected chi connectivity index (χ4v) is 3.95. The van der Waals surface area contributed by atoms with Crippen LogP contribution < -0.4 is 11.2 Å². The van der Waals surface area contributed by atoms with Crippen LogP contribution in [-0.4, -0.2) is 37.5 Å². The Kier molecular flexibility index (Phi) is 6.43. The van der Waals surface area contributed by atoms with Crippen LogP contribution in [0.25, 0.3) is 0 Å². The summed E-state index contributed by atoms with van der Waals surface area (Å²) >= 11 is 1.96. The Hall–Kier alpha value is -2.83. The quantitative estimate of drug-likeness (QED) is 0.343. The molecule has 0 spiro atoms. The van der Waals surface area contributed by atoms with E-state index in [1.165, 1.54) is 4.90 Å². The number of benzene rings is 1. The summed E-state index contributed by atoms with van der Waals surface area (Å²) in [5.74, 6) is -1.39. The molecule has 0 atom stereocenters. The Morgan fingerprint density at radius 1 is 0.968 bits per heavy atom. The third-order valence-electron chi connectivity index (χ3n) is 4.87. The van der Waals surface area contributed by atoms with Crippen molar-refractivity contribution in [2.45, 2.75) is 40.8 Å². The highest BCUT2D eigenvalue weighted by Crippen LogP contribution is 2.36. The van der Waals surface area contributed by atoms with Crippen molar-refractivity contribution >= 4 is 45.8 Å². The van der Waals surface area contributed by atoms with Crippen molar-refractivity contribution in [3.05, 3.63) is 47.7 Å². The number of carbonyl (C=O) groups excluding carboxylic acids is 2. The minimum atomic E-state index is -0.787. The molecule has 2 heterocycles. The van der Waals surface area contributed by atoms with Crippen molar-refractivity contribution in [1.82, 2.24) is 14.0 Å². The average Bonchev–Trinajstić information content (AvgIpc) is 2.94. The molecule has 164 valence electrons. The van der Waals surface area contributed by atoms with E-state index in [9.17, 15) is 24.3 Å². The van der Waals surface area contributed by atoms with Crippen LogP contribution >= 0.6 is 22.6 Å². The highest BCUT2D eigenvalue weighted by atomic mass is 127. The number of amides is 2. The Balaban J connectivity index is 2.18.